The smallest absolute Gasteiger partial charge is 0.266 e. The van der Waals surface area contributed by atoms with Crippen LogP contribution in [0.4, 0.5) is 5.69 Å². The second-order valence-electron chi connectivity index (χ2n) is 6.93. The fraction of sp³-hybridized carbons (Fsp3) is 0.316. The molecule has 0 radical (unpaired) electrons. The molecule has 4 rings (SSSR count). The van der Waals surface area contributed by atoms with Gasteiger partial charge < -0.3 is 5.32 Å². The number of carbonyl (C=O) groups is 1. The maximum Gasteiger partial charge on any atom is 0.266 e. The van der Waals surface area contributed by atoms with E-state index >= 15 is 0 Å². The number of sulfone groups is 1. The van der Waals surface area contributed by atoms with Crippen LogP contribution in [0.5, 0.6) is 0 Å². The van der Waals surface area contributed by atoms with Crippen molar-refractivity contribution >= 4 is 43.0 Å². The Hall–Kier alpha value is -2.32. The molecule has 27 heavy (non-hydrogen) atoms. The highest BCUT2D eigenvalue weighted by Gasteiger charge is 2.28. The van der Waals surface area contributed by atoms with Crippen molar-refractivity contribution in [3.8, 4) is 0 Å². The van der Waals surface area contributed by atoms with E-state index < -0.39 is 9.84 Å². The first kappa shape index (κ1) is 18.1. The fourth-order valence-electron chi connectivity index (χ4n) is 3.09. The number of thiophene rings is 1. The summed E-state index contributed by atoms with van der Waals surface area (Å²) in [6, 6.07) is 6.26. The normalized spacial score (nSPS) is 14.5. The third-order valence-corrected chi connectivity index (χ3v) is 6.95. The molecule has 0 bridgehead atoms. The summed E-state index contributed by atoms with van der Waals surface area (Å²) in [5.41, 5.74) is 2.20. The number of nitrogens with one attached hydrogen (secondary N) is 1. The Labute approximate surface area is 161 Å². The van der Waals surface area contributed by atoms with E-state index in [1.165, 1.54) is 23.5 Å². The van der Waals surface area contributed by atoms with Gasteiger partial charge in [-0.2, -0.15) is 0 Å². The molecule has 0 atom stereocenters. The molecule has 1 saturated carbocycles. The minimum Gasteiger partial charge on any atom is -0.321 e. The van der Waals surface area contributed by atoms with Crippen molar-refractivity contribution in [3.05, 3.63) is 46.2 Å². The van der Waals surface area contributed by atoms with Crippen LogP contribution in [-0.2, 0) is 9.84 Å². The van der Waals surface area contributed by atoms with Gasteiger partial charge in [0, 0.05) is 23.2 Å². The molecular weight excluding hydrogens is 382 g/mol. The minimum atomic E-state index is -3.33. The van der Waals surface area contributed by atoms with Gasteiger partial charge in [-0.05, 0) is 50.5 Å². The van der Waals surface area contributed by atoms with Gasteiger partial charge in [0.05, 0.1) is 15.5 Å². The van der Waals surface area contributed by atoms with Crippen molar-refractivity contribution in [2.75, 3.05) is 11.6 Å². The van der Waals surface area contributed by atoms with E-state index in [1.54, 1.807) is 12.1 Å². The quantitative estimate of drug-likeness (QED) is 0.717. The number of nitrogens with zero attached hydrogens (tertiary/aromatic N) is 2. The first-order valence-electron chi connectivity index (χ1n) is 8.63. The molecule has 0 saturated heterocycles. The molecular formula is C19H19N3O3S2. The predicted octanol–water partition coefficient (Wildman–Crippen LogP) is 3.84. The zero-order valence-corrected chi connectivity index (χ0v) is 16.9. The number of carbonyl (C=O) groups excluding carboxylic acids is 1. The first-order chi connectivity index (χ1) is 12.7. The van der Waals surface area contributed by atoms with Gasteiger partial charge in [-0.25, -0.2) is 18.4 Å². The van der Waals surface area contributed by atoms with Crippen LogP contribution < -0.4 is 5.32 Å². The lowest BCUT2D eigenvalue weighted by Gasteiger charge is -2.06. The molecule has 1 aliphatic rings. The van der Waals surface area contributed by atoms with Crippen LogP contribution in [0.15, 0.2) is 29.2 Å². The number of hydrogen-bond acceptors (Lipinski definition) is 6. The summed E-state index contributed by atoms with van der Waals surface area (Å²) in [5.74, 6) is 1.05. The first-order valence-corrected chi connectivity index (χ1v) is 11.3. The Morgan fingerprint density at radius 3 is 2.63 bits per heavy atom. The van der Waals surface area contributed by atoms with Crippen molar-refractivity contribution in [3.63, 3.8) is 0 Å². The number of aromatic nitrogens is 2. The summed E-state index contributed by atoms with van der Waals surface area (Å²) in [5, 5.41) is 3.73. The van der Waals surface area contributed by atoms with Crippen LogP contribution in [-0.4, -0.2) is 30.5 Å². The van der Waals surface area contributed by atoms with Crippen LogP contribution >= 0.6 is 11.3 Å². The SMILES string of the molecule is Cc1nc(C2CC2)nc2sc(C(=O)Nc3cccc(S(C)(=O)=O)c3)c(C)c12. The number of anilines is 1. The molecule has 1 amide bonds. The van der Waals surface area contributed by atoms with E-state index in [1.807, 2.05) is 13.8 Å². The number of aryl methyl sites for hydroxylation is 2. The standard InChI is InChI=1S/C19H19N3O3S2/c1-10-15-11(2)20-17(12-7-8-12)22-19(15)26-16(10)18(23)21-13-5-4-6-14(9-13)27(3,24)25/h4-6,9,12H,7-8H2,1-3H3,(H,21,23). The molecule has 6 nitrogen and oxygen atoms in total. The molecule has 0 unspecified atom stereocenters. The molecule has 1 aromatic carbocycles. The summed E-state index contributed by atoms with van der Waals surface area (Å²) < 4.78 is 23.4. The monoisotopic (exact) mass is 401 g/mol. The highest BCUT2D eigenvalue weighted by Crippen LogP contribution is 2.40. The Morgan fingerprint density at radius 1 is 1.22 bits per heavy atom. The van der Waals surface area contributed by atoms with Gasteiger partial charge in [0.1, 0.15) is 10.7 Å². The van der Waals surface area contributed by atoms with Gasteiger partial charge in [-0.1, -0.05) is 6.07 Å². The molecule has 0 spiro atoms. The summed E-state index contributed by atoms with van der Waals surface area (Å²) in [6.45, 7) is 3.85. The van der Waals surface area contributed by atoms with Gasteiger partial charge in [-0.15, -0.1) is 11.3 Å². The van der Waals surface area contributed by atoms with E-state index in [-0.39, 0.29) is 10.8 Å². The van der Waals surface area contributed by atoms with Crippen molar-refractivity contribution in [1.82, 2.24) is 9.97 Å². The molecule has 140 valence electrons. The summed E-state index contributed by atoms with van der Waals surface area (Å²) in [7, 11) is -3.33. The van der Waals surface area contributed by atoms with E-state index in [9.17, 15) is 13.2 Å². The number of benzene rings is 1. The Balaban J connectivity index is 1.69. The van der Waals surface area contributed by atoms with E-state index in [2.05, 4.69) is 15.3 Å². The molecule has 0 aliphatic heterocycles. The van der Waals surface area contributed by atoms with E-state index in [0.29, 0.717) is 16.5 Å². The third kappa shape index (κ3) is 3.46. The van der Waals surface area contributed by atoms with Gasteiger partial charge in [0.2, 0.25) is 0 Å². The van der Waals surface area contributed by atoms with Crippen LogP contribution in [0.25, 0.3) is 10.2 Å². The summed E-state index contributed by atoms with van der Waals surface area (Å²) in [6.07, 6.45) is 3.39. The lowest BCUT2D eigenvalue weighted by molar-refractivity contribution is 0.103. The van der Waals surface area contributed by atoms with Gasteiger partial charge in [-0.3, -0.25) is 4.79 Å². The summed E-state index contributed by atoms with van der Waals surface area (Å²) >= 11 is 1.35. The van der Waals surface area contributed by atoms with Crippen LogP contribution in [0.2, 0.25) is 0 Å². The summed E-state index contributed by atoms with van der Waals surface area (Å²) in [4.78, 5) is 23.7. The van der Waals surface area contributed by atoms with E-state index in [4.69, 9.17) is 0 Å². The van der Waals surface area contributed by atoms with Crippen molar-refractivity contribution in [1.29, 1.82) is 0 Å². The average Bonchev–Trinajstić information content (AvgIpc) is 3.38. The lowest BCUT2D eigenvalue weighted by atomic mass is 10.1. The topological polar surface area (TPSA) is 89.0 Å². The van der Waals surface area contributed by atoms with Crippen LogP contribution in [0, 0.1) is 13.8 Å². The molecule has 1 N–H and O–H groups in total. The van der Waals surface area contributed by atoms with Crippen molar-refractivity contribution in [2.24, 2.45) is 0 Å². The molecule has 8 heteroatoms. The lowest BCUT2D eigenvalue weighted by Crippen LogP contribution is -2.12. The maximum absolute atomic E-state index is 12.8. The maximum atomic E-state index is 12.8. The molecule has 3 aromatic rings. The largest absolute Gasteiger partial charge is 0.321 e. The predicted molar refractivity (Wildman–Crippen MR) is 106 cm³/mol. The fourth-order valence-corrected chi connectivity index (χ4v) is 4.89. The van der Waals surface area contributed by atoms with E-state index in [0.717, 1.165) is 46.4 Å². The minimum absolute atomic E-state index is 0.171. The number of fused-ring (bicyclic) bond motifs is 1. The van der Waals surface area contributed by atoms with Gasteiger partial charge >= 0.3 is 0 Å². The van der Waals surface area contributed by atoms with Crippen molar-refractivity contribution in [2.45, 2.75) is 37.5 Å². The van der Waals surface area contributed by atoms with Crippen molar-refractivity contribution < 1.29 is 13.2 Å². The third-order valence-electron chi connectivity index (χ3n) is 4.66. The Bertz CT molecular complexity index is 1180. The van der Waals surface area contributed by atoms with Gasteiger partial charge in [0.15, 0.2) is 9.84 Å². The highest BCUT2D eigenvalue weighted by atomic mass is 32.2. The second kappa shape index (κ2) is 6.38. The zero-order valence-electron chi connectivity index (χ0n) is 15.2. The second-order valence-corrected chi connectivity index (χ2v) is 9.95. The highest BCUT2D eigenvalue weighted by molar-refractivity contribution is 7.90. The molecule has 2 heterocycles. The number of hydrogen-bond donors (Lipinski definition) is 1. The molecule has 2 aromatic heterocycles. The van der Waals surface area contributed by atoms with Crippen LogP contribution in [0.1, 0.15) is 45.5 Å². The zero-order chi connectivity index (χ0) is 19.3. The number of amides is 1. The van der Waals surface area contributed by atoms with Gasteiger partial charge in [0.25, 0.3) is 5.91 Å². The molecule has 1 fully saturated rings. The number of rotatable bonds is 4. The molecule has 1 aliphatic carbocycles. The Kier molecular flexibility index (Phi) is 4.27. The van der Waals surface area contributed by atoms with Crippen LogP contribution in [0.3, 0.4) is 0 Å². The Morgan fingerprint density at radius 2 is 1.96 bits per heavy atom. The average molecular weight is 402 g/mol.